The van der Waals surface area contributed by atoms with Gasteiger partial charge in [-0.2, -0.15) is 0 Å². The standard InChI is InChI=1S/C22H37N5O2.HI/c1-5-27(19-6-7-19)11-9-24-22(23-2)25-18-8-10-26(16-18)15-17-12-20(28-3)14-21(13-17)29-4;/h12-14,18-19H,5-11,15-16H2,1-4H3,(H2,23,24,25);1H. The number of methoxy groups -OCH3 is 2. The van der Waals surface area contributed by atoms with Gasteiger partial charge in [-0.25, -0.2) is 0 Å². The van der Waals surface area contributed by atoms with Gasteiger partial charge in [0, 0.05) is 57.9 Å². The molecular formula is C22H38IN5O2. The Morgan fingerprint density at radius 3 is 2.43 bits per heavy atom. The number of aliphatic imine (C=N–C) groups is 1. The third kappa shape index (κ3) is 7.46. The molecule has 1 unspecified atom stereocenters. The number of nitrogens with zero attached hydrogens (tertiary/aromatic N) is 3. The molecule has 1 saturated heterocycles. The van der Waals surface area contributed by atoms with Gasteiger partial charge in [-0.3, -0.25) is 14.8 Å². The number of likely N-dealkylation sites (N-methyl/N-ethyl adjacent to an activating group) is 1. The Morgan fingerprint density at radius 2 is 1.87 bits per heavy atom. The topological polar surface area (TPSA) is 61.4 Å². The Balaban J connectivity index is 0.00000320. The van der Waals surface area contributed by atoms with Crippen LogP contribution >= 0.6 is 24.0 Å². The largest absolute Gasteiger partial charge is 0.497 e. The Bertz CT molecular complexity index is 661. The van der Waals surface area contributed by atoms with Gasteiger partial charge in [0.15, 0.2) is 5.96 Å². The summed E-state index contributed by atoms with van der Waals surface area (Å²) in [7, 11) is 5.23. The molecule has 0 radical (unpaired) electrons. The Morgan fingerprint density at radius 1 is 1.17 bits per heavy atom. The lowest BCUT2D eigenvalue weighted by atomic mass is 10.2. The molecule has 0 bridgehead atoms. The number of hydrogen-bond donors (Lipinski definition) is 2. The molecule has 1 saturated carbocycles. The van der Waals surface area contributed by atoms with Crippen LogP contribution in [-0.2, 0) is 6.54 Å². The molecule has 1 aromatic carbocycles. The predicted molar refractivity (Wildman–Crippen MR) is 133 cm³/mol. The van der Waals surface area contributed by atoms with Crippen LogP contribution in [0.2, 0.25) is 0 Å². The van der Waals surface area contributed by atoms with E-state index in [9.17, 15) is 0 Å². The first-order valence-corrected chi connectivity index (χ1v) is 10.8. The van der Waals surface area contributed by atoms with Gasteiger partial charge in [0.05, 0.1) is 14.2 Å². The third-order valence-corrected chi connectivity index (χ3v) is 5.82. The van der Waals surface area contributed by atoms with Crippen molar-refractivity contribution >= 4 is 29.9 Å². The van der Waals surface area contributed by atoms with Gasteiger partial charge in [0.1, 0.15) is 11.5 Å². The van der Waals surface area contributed by atoms with Crippen molar-refractivity contribution in [3.05, 3.63) is 23.8 Å². The number of nitrogens with one attached hydrogen (secondary N) is 2. The fraction of sp³-hybridized carbons (Fsp3) is 0.682. The second-order valence-corrected chi connectivity index (χ2v) is 7.94. The predicted octanol–water partition coefficient (Wildman–Crippen LogP) is 2.55. The van der Waals surface area contributed by atoms with E-state index in [4.69, 9.17) is 9.47 Å². The van der Waals surface area contributed by atoms with E-state index in [1.54, 1.807) is 14.2 Å². The number of guanidine groups is 1. The first kappa shape index (κ1) is 25.0. The van der Waals surface area contributed by atoms with Crippen LogP contribution in [0.25, 0.3) is 0 Å². The minimum atomic E-state index is 0. The monoisotopic (exact) mass is 531 g/mol. The van der Waals surface area contributed by atoms with Gasteiger partial charge in [-0.05, 0) is 43.5 Å². The summed E-state index contributed by atoms with van der Waals surface area (Å²) < 4.78 is 10.8. The van der Waals surface area contributed by atoms with Crippen molar-refractivity contribution in [2.24, 2.45) is 4.99 Å². The number of rotatable bonds is 10. The molecule has 8 heteroatoms. The zero-order valence-corrected chi connectivity index (χ0v) is 21.1. The summed E-state index contributed by atoms with van der Waals surface area (Å²) in [5.41, 5.74) is 1.21. The molecule has 1 aromatic rings. The van der Waals surface area contributed by atoms with Crippen LogP contribution < -0.4 is 20.1 Å². The fourth-order valence-corrected chi connectivity index (χ4v) is 4.05. The summed E-state index contributed by atoms with van der Waals surface area (Å²) in [6.45, 7) is 8.36. The van der Waals surface area contributed by atoms with Crippen LogP contribution in [0.1, 0.15) is 31.7 Å². The van der Waals surface area contributed by atoms with Gasteiger partial charge >= 0.3 is 0 Å². The van der Waals surface area contributed by atoms with E-state index in [0.29, 0.717) is 6.04 Å². The highest BCUT2D eigenvalue weighted by Gasteiger charge is 2.27. The lowest BCUT2D eigenvalue weighted by molar-refractivity contribution is 0.281. The van der Waals surface area contributed by atoms with Gasteiger partial charge < -0.3 is 20.1 Å². The molecule has 2 aliphatic rings. The van der Waals surface area contributed by atoms with Crippen LogP contribution in [0.5, 0.6) is 11.5 Å². The van der Waals surface area contributed by atoms with E-state index in [-0.39, 0.29) is 24.0 Å². The molecule has 1 atom stereocenters. The highest BCUT2D eigenvalue weighted by Crippen LogP contribution is 2.26. The molecule has 0 amide bonds. The van der Waals surface area contributed by atoms with E-state index < -0.39 is 0 Å². The number of benzene rings is 1. The zero-order valence-electron chi connectivity index (χ0n) is 18.8. The lowest BCUT2D eigenvalue weighted by Crippen LogP contribution is -2.46. The maximum absolute atomic E-state index is 5.39. The van der Waals surface area contributed by atoms with Crippen molar-refractivity contribution < 1.29 is 9.47 Å². The van der Waals surface area contributed by atoms with Crippen molar-refractivity contribution in [1.29, 1.82) is 0 Å². The van der Waals surface area contributed by atoms with E-state index >= 15 is 0 Å². The van der Waals surface area contributed by atoms with E-state index in [1.807, 2.05) is 13.1 Å². The first-order valence-electron chi connectivity index (χ1n) is 10.8. The summed E-state index contributed by atoms with van der Waals surface area (Å²) >= 11 is 0. The van der Waals surface area contributed by atoms with Crippen molar-refractivity contribution in [2.45, 2.75) is 44.8 Å². The highest BCUT2D eigenvalue weighted by molar-refractivity contribution is 14.0. The third-order valence-electron chi connectivity index (χ3n) is 5.82. The number of hydrogen-bond acceptors (Lipinski definition) is 5. The molecule has 1 aliphatic carbocycles. The molecule has 7 nitrogen and oxygen atoms in total. The van der Waals surface area contributed by atoms with Crippen LogP contribution in [0, 0.1) is 0 Å². The second kappa shape index (κ2) is 12.6. The molecule has 1 aliphatic heterocycles. The first-order chi connectivity index (χ1) is 14.1. The van der Waals surface area contributed by atoms with E-state index in [1.165, 1.54) is 18.4 Å². The van der Waals surface area contributed by atoms with Crippen molar-refractivity contribution in [3.8, 4) is 11.5 Å². The van der Waals surface area contributed by atoms with E-state index in [0.717, 1.165) is 69.2 Å². The maximum Gasteiger partial charge on any atom is 0.191 e. The number of likely N-dealkylation sites (tertiary alicyclic amines) is 1. The zero-order chi connectivity index (χ0) is 20.6. The molecular weight excluding hydrogens is 493 g/mol. The Kier molecular flexibility index (Phi) is 10.5. The maximum atomic E-state index is 5.39. The van der Waals surface area contributed by atoms with Crippen LogP contribution in [-0.4, -0.2) is 81.8 Å². The average molecular weight is 531 g/mol. The quantitative estimate of drug-likeness (QED) is 0.275. The van der Waals surface area contributed by atoms with Gasteiger partial charge in [-0.1, -0.05) is 6.92 Å². The summed E-state index contributed by atoms with van der Waals surface area (Å²) in [5, 5.41) is 7.08. The van der Waals surface area contributed by atoms with Crippen LogP contribution in [0.15, 0.2) is 23.2 Å². The molecule has 170 valence electrons. The SMILES string of the molecule is CCN(CCNC(=NC)NC1CCN(Cc2cc(OC)cc(OC)c2)C1)C1CC1.I. The summed E-state index contributed by atoms with van der Waals surface area (Å²) in [6, 6.07) is 7.32. The number of ether oxygens (including phenoxy) is 2. The van der Waals surface area contributed by atoms with Gasteiger partial charge in [0.25, 0.3) is 0 Å². The average Bonchev–Trinajstić information content (AvgIpc) is 3.50. The van der Waals surface area contributed by atoms with Crippen LogP contribution in [0.4, 0.5) is 0 Å². The Labute approximate surface area is 198 Å². The fourth-order valence-electron chi connectivity index (χ4n) is 4.05. The van der Waals surface area contributed by atoms with E-state index in [2.05, 4.69) is 44.5 Å². The molecule has 2 fully saturated rings. The van der Waals surface area contributed by atoms with Gasteiger partial charge in [0.2, 0.25) is 0 Å². The summed E-state index contributed by atoms with van der Waals surface area (Å²) in [5.74, 6) is 2.59. The molecule has 3 rings (SSSR count). The smallest absolute Gasteiger partial charge is 0.191 e. The molecule has 2 N–H and O–H groups in total. The lowest BCUT2D eigenvalue weighted by Gasteiger charge is -2.22. The van der Waals surface area contributed by atoms with Crippen molar-refractivity contribution in [3.63, 3.8) is 0 Å². The summed E-state index contributed by atoms with van der Waals surface area (Å²) in [6.07, 6.45) is 3.83. The van der Waals surface area contributed by atoms with Gasteiger partial charge in [-0.15, -0.1) is 24.0 Å². The van der Waals surface area contributed by atoms with Crippen LogP contribution in [0.3, 0.4) is 0 Å². The Hall–Kier alpha value is -1.26. The summed E-state index contributed by atoms with van der Waals surface area (Å²) in [4.78, 5) is 9.43. The minimum absolute atomic E-state index is 0. The van der Waals surface area contributed by atoms with Crippen molar-refractivity contribution in [1.82, 2.24) is 20.4 Å². The highest BCUT2D eigenvalue weighted by atomic mass is 127. The minimum Gasteiger partial charge on any atom is -0.497 e. The van der Waals surface area contributed by atoms with Crippen molar-refractivity contribution in [2.75, 3.05) is 54.0 Å². The normalized spacial score (nSPS) is 19.5. The number of halogens is 1. The molecule has 0 spiro atoms. The molecule has 0 aromatic heterocycles. The molecule has 1 heterocycles. The second-order valence-electron chi connectivity index (χ2n) is 7.94. The molecule has 30 heavy (non-hydrogen) atoms.